The van der Waals surface area contributed by atoms with Gasteiger partial charge in [0.2, 0.25) is 5.91 Å². The lowest BCUT2D eigenvalue weighted by atomic mass is 10.0. The smallest absolute Gasteiger partial charge is 0.221 e. The normalized spacial score (nSPS) is 17.0. The molecule has 0 unspecified atom stereocenters. The van der Waals surface area contributed by atoms with Crippen molar-refractivity contribution in [1.29, 1.82) is 0 Å². The molecule has 37 heavy (non-hydrogen) atoms. The maximum Gasteiger partial charge on any atom is 0.221 e. The van der Waals surface area contributed by atoms with Crippen molar-refractivity contribution >= 4 is 46.2 Å². The second kappa shape index (κ2) is 10.2. The number of methoxy groups -OCH3 is 1. The van der Waals surface area contributed by atoms with Gasteiger partial charge >= 0.3 is 0 Å². The van der Waals surface area contributed by atoms with Gasteiger partial charge in [0.05, 0.1) is 24.5 Å². The van der Waals surface area contributed by atoms with E-state index in [2.05, 4.69) is 15.6 Å². The van der Waals surface area contributed by atoms with Crippen LogP contribution in [0.2, 0.25) is 5.02 Å². The SMILES string of the molecule is COc1ccc(N2C(=S)N[C@@H](c3ccccn3)[C@H]2c2ccc(-c3cccc(Cl)c3C)o2)cc1NC(C)=O. The molecular formula is C28H25ClN4O3S. The number of carbonyl (C=O) groups excluding carboxylic acids is 1. The molecule has 2 aromatic carbocycles. The Hall–Kier alpha value is -3.88. The first-order chi connectivity index (χ1) is 17.9. The molecule has 1 saturated heterocycles. The van der Waals surface area contributed by atoms with E-state index in [4.69, 9.17) is 33.0 Å². The van der Waals surface area contributed by atoms with Crippen LogP contribution in [-0.2, 0) is 4.79 Å². The molecule has 2 atom stereocenters. The van der Waals surface area contributed by atoms with Crippen LogP contribution >= 0.6 is 23.8 Å². The average Bonchev–Trinajstić information content (AvgIpc) is 3.50. The summed E-state index contributed by atoms with van der Waals surface area (Å²) in [6.07, 6.45) is 1.75. The Labute approximate surface area is 225 Å². The van der Waals surface area contributed by atoms with Crippen LogP contribution in [0.1, 0.15) is 36.0 Å². The van der Waals surface area contributed by atoms with Crippen LogP contribution in [0, 0.1) is 6.92 Å². The van der Waals surface area contributed by atoms with Crippen molar-refractivity contribution in [2.24, 2.45) is 0 Å². The van der Waals surface area contributed by atoms with E-state index in [1.807, 2.05) is 72.5 Å². The van der Waals surface area contributed by atoms with Gasteiger partial charge in [0.25, 0.3) is 0 Å². The lowest BCUT2D eigenvalue weighted by Crippen LogP contribution is -2.29. The highest BCUT2D eigenvalue weighted by Gasteiger charge is 2.42. The van der Waals surface area contributed by atoms with Crippen molar-refractivity contribution in [3.05, 3.63) is 95.0 Å². The van der Waals surface area contributed by atoms with Gasteiger partial charge in [-0.3, -0.25) is 9.78 Å². The molecule has 1 aliphatic rings. The van der Waals surface area contributed by atoms with Crippen molar-refractivity contribution in [2.45, 2.75) is 25.9 Å². The summed E-state index contributed by atoms with van der Waals surface area (Å²) in [7, 11) is 1.56. The van der Waals surface area contributed by atoms with E-state index in [0.29, 0.717) is 33.1 Å². The number of amides is 1. The van der Waals surface area contributed by atoms with Gasteiger partial charge in [0.1, 0.15) is 23.3 Å². The number of hydrogen-bond acceptors (Lipinski definition) is 5. The molecule has 2 N–H and O–H groups in total. The summed E-state index contributed by atoms with van der Waals surface area (Å²) < 4.78 is 11.9. The Kier molecular flexibility index (Phi) is 6.86. The van der Waals surface area contributed by atoms with Crippen molar-refractivity contribution < 1.29 is 13.9 Å². The van der Waals surface area contributed by atoms with Gasteiger partial charge in [-0.25, -0.2) is 0 Å². The largest absolute Gasteiger partial charge is 0.495 e. The molecule has 0 saturated carbocycles. The summed E-state index contributed by atoms with van der Waals surface area (Å²) in [5, 5.41) is 7.44. The molecule has 188 valence electrons. The number of aromatic nitrogens is 1. The fourth-order valence-corrected chi connectivity index (χ4v) is 5.11. The number of rotatable bonds is 6. The molecule has 3 heterocycles. The number of anilines is 2. The van der Waals surface area contributed by atoms with E-state index in [1.165, 1.54) is 6.92 Å². The highest BCUT2D eigenvalue weighted by atomic mass is 35.5. The third-order valence-corrected chi connectivity index (χ3v) is 7.05. The lowest BCUT2D eigenvalue weighted by Gasteiger charge is -2.27. The third kappa shape index (κ3) is 4.77. The van der Waals surface area contributed by atoms with E-state index < -0.39 is 0 Å². The molecule has 1 aliphatic heterocycles. The van der Waals surface area contributed by atoms with Gasteiger partial charge in [0, 0.05) is 29.4 Å². The zero-order valence-electron chi connectivity index (χ0n) is 20.5. The van der Waals surface area contributed by atoms with Crippen LogP contribution in [0.5, 0.6) is 5.75 Å². The zero-order valence-corrected chi connectivity index (χ0v) is 22.1. The maximum absolute atomic E-state index is 11.8. The Morgan fingerprint density at radius 1 is 1.16 bits per heavy atom. The Balaban J connectivity index is 1.62. The first-order valence-electron chi connectivity index (χ1n) is 11.7. The molecule has 1 fully saturated rings. The van der Waals surface area contributed by atoms with Crippen LogP contribution < -0.4 is 20.3 Å². The fraction of sp³-hybridized carbons (Fsp3) is 0.179. The summed E-state index contributed by atoms with van der Waals surface area (Å²) in [5.41, 5.74) is 4.00. The minimum atomic E-state index is -0.353. The number of ether oxygens (including phenoxy) is 1. The Morgan fingerprint density at radius 2 is 2.00 bits per heavy atom. The standard InChI is InChI=1S/C28H25ClN4O3S/c1-16-19(7-6-8-20(16)29)23-12-13-25(36-23)27-26(21-9-4-5-14-30-21)32-28(37)33(27)18-10-11-24(35-3)22(15-18)31-17(2)34/h4-15,26-27H,1-3H3,(H,31,34)(H,32,37)/t26-,27+/m0/s1. The molecule has 7 nitrogen and oxygen atoms in total. The van der Waals surface area contributed by atoms with Crippen molar-refractivity contribution in [2.75, 3.05) is 17.3 Å². The molecule has 2 aromatic heterocycles. The molecular weight excluding hydrogens is 508 g/mol. The Bertz CT molecular complexity index is 1470. The molecule has 0 aliphatic carbocycles. The molecule has 0 spiro atoms. The zero-order chi connectivity index (χ0) is 26.1. The fourth-order valence-electron chi connectivity index (χ4n) is 4.59. The van der Waals surface area contributed by atoms with E-state index >= 15 is 0 Å². The number of nitrogens with one attached hydrogen (secondary N) is 2. The topological polar surface area (TPSA) is 79.6 Å². The van der Waals surface area contributed by atoms with Crippen LogP contribution in [0.4, 0.5) is 11.4 Å². The molecule has 0 radical (unpaired) electrons. The number of furan rings is 1. The number of hydrogen-bond donors (Lipinski definition) is 2. The third-order valence-electron chi connectivity index (χ3n) is 6.32. The number of benzene rings is 2. The van der Waals surface area contributed by atoms with Crippen molar-refractivity contribution in [1.82, 2.24) is 10.3 Å². The summed E-state index contributed by atoms with van der Waals surface area (Å²) in [6, 6.07) is 20.3. The van der Waals surface area contributed by atoms with Gasteiger partial charge in [-0.1, -0.05) is 29.8 Å². The second-order valence-corrected chi connectivity index (χ2v) is 9.47. The van der Waals surface area contributed by atoms with Gasteiger partial charge in [-0.2, -0.15) is 0 Å². The minimum absolute atomic E-state index is 0.201. The summed E-state index contributed by atoms with van der Waals surface area (Å²) in [5.74, 6) is 1.76. The number of pyridine rings is 1. The van der Waals surface area contributed by atoms with Crippen LogP contribution in [0.25, 0.3) is 11.3 Å². The molecule has 4 aromatic rings. The molecule has 5 rings (SSSR count). The average molecular weight is 533 g/mol. The molecule has 0 bridgehead atoms. The van der Waals surface area contributed by atoms with Crippen molar-refractivity contribution in [3.63, 3.8) is 0 Å². The quantitative estimate of drug-likeness (QED) is 0.276. The van der Waals surface area contributed by atoms with Crippen LogP contribution in [0.3, 0.4) is 0 Å². The lowest BCUT2D eigenvalue weighted by molar-refractivity contribution is -0.114. The van der Waals surface area contributed by atoms with Gasteiger partial charge < -0.3 is 24.7 Å². The Morgan fingerprint density at radius 3 is 2.73 bits per heavy atom. The first kappa shape index (κ1) is 24.8. The summed E-state index contributed by atoms with van der Waals surface area (Å²) >= 11 is 12.2. The van der Waals surface area contributed by atoms with Crippen LogP contribution in [0.15, 0.2) is 77.3 Å². The van der Waals surface area contributed by atoms with E-state index in [-0.39, 0.29) is 18.0 Å². The van der Waals surface area contributed by atoms with Gasteiger partial charge in [-0.05, 0) is 73.2 Å². The summed E-state index contributed by atoms with van der Waals surface area (Å²) in [4.78, 5) is 18.4. The number of thiocarbonyl (C=S) groups is 1. The number of halogens is 1. The molecule has 1 amide bonds. The second-order valence-electron chi connectivity index (χ2n) is 8.68. The van der Waals surface area contributed by atoms with Gasteiger partial charge in [0.15, 0.2) is 5.11 Å². The van der Waals surface area contributed by atoms with E-state index in [1.54, 1.807) is 19.4 Å². The van der Waals surface area contributed by atoms with E-state index in [0.717, 1.165) is 22.5 Å². The maximum atomic E-state index is 11.8. The highest BCUT2D eigenvalue weighted by molar-refractivity contribution is 7.80. The van der Waals surface area contributed by atoms with Gasteiger partial charge in [-0.15, -0.1) is 0 Å². The number of carbonyl (C=O) groups is 1. The molecule has 9 heteroatoms. The predicted octanol–water partition coefficient (Wildman–Crippen LogP) is 6.45. The highest BCUT2D eigenvalue weighted by Crippen LogP contribution is 2.44. The predicted molar refractivity (Wildman–Crippen MR) is 149 cm³/mol. The van der Waals surface area contributed by atoms with Crippen molar-refractivity contribution in [3.8, 4) is 17.1 Å². The first-order valence-corrected chi connectivity index (χ1v) is 12.5. The summed E-state index contributed by atoms with van der Waals surface area (Å²) in [6.45, 7) is 3.42. The monoisotopic (exact) mass is 532 g/mol. The minimum Gasteiger partial charge on any atom is -0.495 e. The van der Waals surface area contributed by atoms with Crippen LogP contribution in [-0.4, -0.2) is 23.1 Å². The number of nitrogens with zero attached hydrogens (tertiary/aromatic N) is 2. The van der Waals surface area contributed by atoms with E-state index in [9.17, 15) is 4.79 Å².